The Hall–Kier alpha value is -2.39. The van der Waals surface area contributed by atoms with Crippen molar-refractivity contribution in [1.82, 2.24) is 14.5 Å². The zero-order valence-corrected chi connectivity index (χ0v) is 16.3. The molecule has 4 atom stereocenters. The fourth-order valence-corrected chi connectivity index (χ4v) is 4.13. The van der Waals surface area contributed by atoms with Crippen LogP contribution in [0.3, 0.4) is 0 Å². The number of halogens is 2. The van der Waals surface area contributed by atoms with Gasteiger partial charge in [0, 0.05) is 11.8 Å². The second kappa shape index (κ2) is 6.56. The van der Waals surface area contributed by atoms with Crippen LogP contribution < -0.4 is 0 Å². The minimum absolute atomic E-state index is 0.298. The monoisotopic (exact) mass is 417 g/mol. The Kier molecular flexibility index (Phi) is 4.22. The van der Waals surface area contributed by atoms with Gasteiger partial charge in [0.15, 0.2) is 23.9 Å². The predicted octanol–water partition coefficient (Wildman–Crippen LogP) is 3.52. The molecule has 0 aliphatic carbocycles. The van der Waals surface area contributed by atoms with Crippen molar-refractivity contribution in [3.63, 3.8) is 0 Å². The van der Waals surface area contributed by atoms with Gasteiger partial charge in [-0.1, -0.05) is 11.6 Å². The van der Waals surface area contributed by atoms with E-state index >= 15 is 0 Å². The Bertz CT molecular complexity index is 1100. The molecule has 0 unspecified atom stereocenters. The van der Waals surface area contributed by atoms with Crippen LogP contribution in [0.5, 0.6) is 0 Å². The van der Waals surface area contributed by atoms with Crippen molar-refractivity contribution < 1.29 is 23.4 Å². The van der Waals surface area contributed by atoms with E-state index in [9.17, 15) is 9.18 Å². The fraction of sp³-hybridized carbons (Fsp3) is 0.350. The van der Waals surface area contributed by atoms with Crippen molar-refractivity contribution in [2.24, 2.45) is 0 Å². The summed E-state index contributed by atoms with van der Waals surface area (Å²) >= 11 is 6.16. The van der Waals surface area contributed by atoms with Gasteiger partial charge < -0.3 is 18.8 Å². The van der Waals surface area contributed by atoms with Gasteiger partial charge in [-0.3, -0.25) is 4.79 Å². The Morgan fingerprint density at radius 3 is 2.62 bits per heavy atom. The zero-order valence-electron chi connectivity index (χ0n) is 15.6. The van der Waals surface area contributed by atoms with Crippen LogP contribution in [0.4, 0.5) is 4.39 Å². The highest BCUT2D eigenvalue weighted by Crippen LogP contribution is 2.44. The number of aromatic nitrogens is 3. The number of rotatable bonds is 3. The molecule has 0 saturated carbocycles. The number of Topliss-reactive ketones (excluding diaryl/α,β-unsaturated/α-hetero) is 1. The van der Waals surface area contributed by atoms with E-state index in [2.05, 4.69) is 9.97 Å². The molecular formula is C20H17ClFN3O4. The van der Waals surface area contributed by atoms with Crippen molar-refractivity contribution in [2.75, 3.05) is 0 Å². The number of ether oxygens (including phenoxy) is 3. The Morgan fingerprint density at radius 2 is 1.86 bits per heavy atom. The maximum Gasteiger partial charge on any atom is 0.194 e. The first-order valence-corrected chi connectivity index (χ1v) is 9.50. The highest BCUT2D eigenvalue weighted by atomic mass is 35.5. The van der Waals surface area contributed by atoms with E-state index in [-0.39, 0.29) is 5.78 Å². The summed E-state index contributed by atoms with van der Waals surface area (Å²) in [4.78, 5) is 21.4. The van der Waals surface area contributed by atoms with Gasteiger partial charge in [-0.05, 0) is 44.2 Å². The SMILES string of the molecule is CC1(C)O[C@@H]2[C@H](O1)[C@@H](C(=O)c1ccc(F)cc1)O[C@H]2n1ccc2c(Cl)ncnc21. The topological polar surface area (TPSA) is 75.5 Å². The predicted molar refractivity (Wildman–Crippen MR) is 101 cm³/mol. The lowest BCUT2D eigenvalue weighted by atomic mass is 10.0. The maximum absolute atomic E-state index is 13.3. The number of hydrogen-bond acceptors (Lipinski definition) is 6. The average molecular weight is 418 g/mol. The molecule has 0 N–H and O–H groups in total. The first kappa shape index (κ1) is 18.6. The summed E-state index contributed by atoms with van der Waals surface area (Å²) in [5.74, 6) is -1.59. The number of fused-ring (bicyclic) bond motifs is 2. The molecule has 0 amide bonds. The quantitative estimate of drug-likeness (QED) is 0.479. The van der Waals surface area contributed by atoms with Crippen LogP contribution in [0, 0.1) is 5.82 Å². The highest BCUT2D eigenvalue weighted by Gasteiger charge is 2.58. The second-order valence-corrected chi connectivity index (χ2v) is 7.87. The van der Waals surface area contributed by atoms with Crippen LogP contribution in [0.2, 0.25) is 5.15 Å². The van der Waals surface area contributed by atoms with E-state index in [4.69, 9.17) is 25.8 Å². The van der Waals surface area contributed by atoms with Gasteiger partial charge in [-0.2, -0.15) is 0 Å². The van der Waals surface area contributed by atoms with Crippen molar-refractivity contribution in [1.29, 1.82) is 0 Å². The number of carbonyl (C=O) groups is 1. The number of benzene rings is 1. The normalized spacial score (nSPS) is 28.0. The summed E-state index contributed by atoms with van der Waals surface area (Å²) in [5, 5.41) is 0.993. The number of nitrogens with zero attached hydrogens (tertiary/aromatic N) is 3. The Labute approximate surface area is 170 Å². The van der Waals surface area contributed by atoms with E-state index in [1.807, 2.05) is 0 Å². The van der Waals surface area contributed by atoms with E-state index in [1.165, 1.54) is 30.6 Å². The first-order chi connectivity index (χ1) is 13.8. The van der Waals surface area contributed by atoms with Crippen molar-refractivity contribution in [3.05, 3.63) is 59.4 Å². The van der Waals surface area contributed by atoms with Gasteiger partial charge in [0.25, 0.3) is 0 Å². The summed E-state index contributed by atoms with van der Waals surface area (Å²) < 4.78 is 33.2. The third-order valence-electron chi connectivity index (χ3n) is 5.15. The van der Waals surface area contributed by atoms with Crippen LogP contribution in [-0.2, 0) is 14.2 Å². The lowest BCUT2D eigenvalue weighted by Crippen LogP contribution is -2.35. The summed E-state index contributed by atoms with van der Waals surface area (Å²) in [6.45, 7) is 3.57. The maximum atomic E-state index is 13.3. The molecule has 2 aliphatic heterocycles. The van der Waals surface area contributed by atoms with Crippen molar-refractivity contribution in [2.45, 2.75) is 44.2 Å². The number of carbonyl (C=O) groups excluding carboxylic acids is 1. The molecule has 29 heavy (non-hydrogen) atoms. The molecule has 9 heteroatoms. The highest BCUT2D eigenvalue weighted by molar-refractivity contribution is 6.33. The lowest BCUT2D eigenvalue weighted by Gasteiger charge is -2.24. The van der Waals surface area contributed by atoms with Crippen molar-refractivity contribution >= 4 is 28.4 Å². The molecule has 2 fully saturated rings. The van der Waals surface area contributed by atoms with Gasteiger partial charge in [0.2, 0.25) is 0 Å². The van der Waals surface area contributed by atoms with Gasteiger partial charge in [-0.15, -0.1) is 0 Å². The molecule has 4 heterocycles. The first-order valence-electron chi connectivity index (χ1n) is 9.12. The van der Waals surface area contributed by atoms with Gasteiger partial charge in [0.05, 0.1) is 5.39 Å². The lowest BCUT2D eigenvalue weighted by molar-refractivity contribution is -0.190. The molecule has 2 saturated heterocycles. The Morgan fingerprint density at radius 1 is 1.14 bits per heavy atom. The van der Waals surface area contributed by atoms with Gasteiger partial charge in [0.1, 0.15) is 35.2 Å². The summed E-state index contributed by atoms with van der Waals surface area (Å²) in [5.41, 5.74) is 0.906. The summed E-state index contributed by atoms with van der Waals surface area (Å²) in [7, 11) is 0. The standard InChI is InChI=1S/C20H17ClFN3O4/c1-20(2)28-15-14(13(26)10-3-5-11(22)6-4-10)27-19(16(15)29-20)25-8-7-12-17(21)23-9-24-18(12)25/h3-9,14-16,19H,1-2H3/t14-,15-,16-,19-/m1/s1. The van der Waals surface area contributed by atoms with Crippen LogP contribution in [0.1, 0.15) is 30.4 Å². The van der Waals surface area contributed by atoms with E-state index in [0.29, 0.717) is 21.7 Å². The van der Waals surface area contributed by atoms with E-state index in [0.717, 1.165) is 0 Å². The molecular weight excluding hydrogens is 401 g/mol. The van der Waals surface area contributed by atoms with E-state index < -0.39 is 36.1 Å². The number of hydrogen-bond donors (Lipinski definition) is 0. The minimum Gasteiger partial charge on any atom is -0.341 e. The molecule has 2 aromatic heterocycles. The van der Waals surface area contributed by atoms with Gasteiger partial charge >= 0.3 is 0 Å². The summed E-state index contributed by atoms with van der Waals surface area (Å²) in [6.07, 6.45) is 0.412. The third-order valence-corrected chi connectivity index (χ3v) is 5.45. The Balaban J connectivity index is 1.54. The molecule has 2 aliphatic rings. The van der Waals surface area contributed by atoms with Gasteiger partial charge in [-0.25, -0.2) is 14.4 Å². The molecule has 1 aromatic carbocycles. The molecule has 0 spiro atoms. The van der Waals surface area contributed by atoms with Crippen LogP contribution in [0.15, 0.2) is 42.9 Å². The fourth-order valence-electron chi connectivity index (χ4n) is 3.94. The van der Waals surface area contributed by atoms with Crippen LogP contribution in [-0.4, -0.2) is 44.4 Å². The second-order valence-electron chi connectivity index (χ2n) is 7.51. The average Bonchev–Trinajstić information content (AvgIpc) is 3.33. The van der Waals surface area contributed by atoms with Crippen LogP contribution >= 0.6 is 11.6 Å². The molecule has 3 aromatic rings. The zero-order chi connectivity index (χ0) is 20.3. The smallest absolute Gasteiger partial charge is 0.194 e. The van der Waals surface area contributed by atoms with Crippen molar-refractivity contribution in [3.8, 4) is 0 Å². The van der Waals surface area contributed by atoms with E-state index in [1.54, 1.807) is 30.7 Å². The summed E-state index contributed by atoms with van der Waals surface area (Å²) in [6, 6.07) is 7.13. The largest absolute Gasteiger partial charge is 0.341 e. The number of ketones is 1. The third kappa shape index (κ3) is 3.03. The molecule has 150 valence electrons. The molecule has 5 rings (SSSR count). The van der Waals surface area contributed by atoms with Crippen LogP contribution in [0.25, 0.3) is 11.0 Å². The molecule has 7 nitrogen and oxygen atoms in total. The minimum atomic E-state index is -0.910. The molecule has 0 radical (unpaired) electrons. The molecule has 0 bridgehead atoms.